The summed E-state index contributed by atoms with van der Waals surface area (Å²) in [6.45, 7) is 4.40. The Balaban J connectivity index is 2.36. The number of nitrogens with one attached hydrogen (secondary N) is 1. The number of amides is 1. The zero-order valence-electron chi connectivity index (χ0n) is 10.3. The zero-order valence-corrected chi connectivity index (χ0v) is 11.9. The molecule has 94 valence electrons. The van der Waals surface area contributed by atoms with Gasteiger partial charge < -0.3 is 11.1 Å². The van der Waals surface area contributed by atoms with Gasteiger partial charge in [-0.15, -0.1) is 0 Å². The molecule has 1 aromatic carbocycles. The third-order valence-electron chi connectivity index (χ3n) is 2.43. The van der Waals surface area contributed by atoms with Crippen LogP contribution in [0.15, 0.2) is 28.7 Å². The third-order valence-corrected chi connectivity index (χ3v) is 3.20. The first-order valence-corrected chi connectivity index (χ1v) is 6.47. The number of halogens is 1. The Bertz CT molecular complexity index is 385. The van der Waals surface area contributed by atoms with E-state index in [-0.39, 0.29) is 11.4 Å². The summed E-state index contributed by atoms with van der Waals surface area (Å²) in [5.74, 6) is 0.0410. The van der Waals surface area contributed by atoms with Crippen LogP contribution in [0, 0.1) is 0 Å². The first kappa shape index (κ1) is 14.2. The van der Waals surface area contributed by atoms with Gasteiger partial charge >= 0.3 is 0 Å². The van der Waals surface area contributed by atoms with Crippen molar-refractivity contribution < 1.29 is 4.79 Å². The fourth-order valence-corrected chi connectivity index (χ4v) is 1.78. The van der Waals surface area contributed by atoms with Crippen molar-refractivity contribution in [2.75, 3.05) is 0 Å². The topological polar surface area (TPSA) is 55.1 Å². The molecule has 0 saturated carbocycles. The van der Waals surface area contributed by atoms with Crippen molar-refractivity contribution in [2.45, 2.75) is 38.8 Å². The summed E-state index contributed by atoms with van der Waals surface area (Å²) in [6, 6.07) is 7.85. The predicted octanol–water partition coefficient (Wildman–Crippen LogP) is 2.58. The summed E-state index contributed by atoms with van der Waals surface area (Å²) in [4.78, 5) is 11.6. The molecule has 0 saturated heterocycles. The van der Waals surface area contributed by atoms with Crippen LogP contribution in [0.4, 0.5) is 0 Å². The Morgan fingerprint density at radius 2 is 2.06 bits per heavy atom. The number of carbonyl (C=O) groups excluding carboxylic acids is 1. The van der Waals surface area contributed by atoms with E-state index in [0.717, 1.165) is 10.0 Å². The number of rotatable bonds is 5. The van der Waals surface area contributed by atoms with E-state index in [1.54, 1.807) is 0 Å². The molecule has 0 aromatic heterocycles. The number of carbonyl (C=O) groups is 1. The van der Waals surface area contributed by atoms with Gasteiger partial charge in [0.15, 0.2) is 0 Å². The molecule has 0 aliphatic rings. The van der Waals surface area contributed by atoms with Crippen LogP contribution in [-0.4, -0.2) is 11.4 Å². The van der Waals surface area contributed by atoms with E-state index in [0.29, 0.717) is 19.4 Å². The Morgan fingerprint density at radius 1 is 1.41 bits per heavy atom. The monoisotopic (exact) mass is 298 g/mol. The van der Waals surface area contributed by atoms with Crippen molar-refractivity contribution in [1.82, 2.24) is 5.32 Å². The average molecular weight is 299 g/mol. The second-order valence-electron chi connectivity index (χ2n) is 4.86. The number of hydrogen-bond acceptors (Lipinski definition) is 2. The molecule has 1 rings (SSSR count). The summed E-state index contributed by atoms with van der Waals surface area (Å²) in [7, 11) is 0. The van der Waals surface area contributed by atoms with Gasteiger partial charge in [0.2, 0.25) is 5.91 Å². The van der Waals surface area contributed by atoms with Gasteiger partial charge in [0.05, 0.1) is 0 Å². The van der Waals surface area contributed by atoms with Crippen molar-refractivity contribution in [1.29, 1.82) is 0 Å². The second kappa shape index (κ2) is 6.17. The molecular weight excluding hydrogens is 280 g/mol. The van der Waals surface area contributed by atoms with Gasteiger partial charge in [-0.3, -0.25) is 4.79 Å². The minimum Gasteiger partial charge on any atom is -0.352 e. The van der Waals surface area contributed by atoms with Crippen LogP contribution in [0.25, 0.3) is 0 Å². The number of nitrogens with two attached hydrogens (primary N) is 1. The second-order valence-corrected chi connectivity index (χ2v) is 5.71. The molecule has 0 aliphatic carbocycles. The largest absolute Gasteiger partial charge is 0.352 e. The van der Waals surface area contributed by atoms with Crippen LogP contribution in [-0.2, 0) is 11.3 Å². The summed E-state index contributed by atoms with van der Waals surface area (Å²) in [5.41, 5.74) is 6.62. The Hall–Kier alpha value is -0.870. The molecule has 0 atom stereocenters. The quantitative estimate of drug-likeness (QED) is 0.878. The maximum absolute atomic E-state index is 11.6. The van der Waals surface area contributed by atoms with Crippen molar-refractivity contribution in [3.63, 3.8) is 0 Å². The molecule has 0 bridgehead atoms. The average Bonchev–Trinajstić information content (AvgIpc) is 2.24. The molecule has 1 amide bonds. The van der Waals surface area contributed by atoms with E-state index in [4.69, 9.17) is 5.73 Å². The van der Waals surface area contributed by atoms with Crippen LogP contribution >= 0.6 is 15.9 Å². The van der Waals surface area contributed by atoms with Gasteiger partial charge in [-0.05, 0) is 31.9 Å². The lowest BCUT2D eigenvalue weighted by molar-refractivity contribution is -0.121. The van der Waals surface area contributed by atoms with E-state index in [1.807, 2.05) is 38.1 Å². The van der Waals surface area contributed by atoms with Gasteiger partial charge in [-0.1, -0.05) is 34.1 Å². The predicted molar refractivity (Wildman–Crippen MR) is 73.5 cm³/mol. The molecule has 1 aromatic rings. The fraction of sp³-hybridized carbons (Fsp3) is 0.462. The Morgan fingerprint density at radius 3 is 2.65 bits per heavy atom. The fourth-order valence-electron chi connectivity index (χ4n) is 1.36. The van der Waals surface area contributed by atoms with Gasteiger partial charge in [0.1, 0.15) is 0 Å². The van der Waals surface area contributed by atoms with E-state index in [9.17, 15) is 4.79 Å². The summed E-state index contributed by atoms with van der Waals surface area (Å²) >= 11 is 3.45. The van der Waals surface area contributed by atoms with Crippen LogP contribution in [0.5, 0.6) is 0 Å². The molecule has 0 spiro atoms. The lowest BCUT2D eigenvalue weighted by atomic mass is 10.00. The van der Waals surface area contributed by atoms with Crippen LogP contribution in [0.1, 0.15) is 32.3 Å². The molecule has 0 fully saturated rings. The minimum atomic E-state index is -0.287. The van der Waals surface area contributed by atoms with E-state index < -0.39 is 0 Å². The summed E-state index contributed by atoms with van der Waals surface area (Å²) in [6.07, 6.45) is 1.16. The first-order valence-electron chi connectivity index (χ1n) is 5.67. The van der Waals surface area contributed by atoms with E-state index >= 15 is 0 Å². The molecule has 3 nitrogen and oxygen atoms in total. The lowest BCUT2D eigenvalue weighted by Crippen LogP contribution is -2.34. The normalized spacial score (nSPS) is 11.3. The Labute approximate surface area is 111 Å². The summed E-state index contributed by atoms with van der Waals surface area (Å²) < 4.78 is 1.01. The van der Waals surface area contributed by atoms with Gasteiger partial charge in [0, 0.05) is 23.0 Å². The van der Waals surface area contributed by atoms with Crippen LogP contribution < -0.4 is 11.1 Å². The molecular formula is C13H19BrN2O. The first-order chi connectivity index (χ1) is 7.88. The van der Waals surface area contributed by atoms with Crippen molar-refractivity contribution >= 4 is 21.8 Å². The van der Waals surface area contributed by atoms with Crippen LogP contribution in [0.2, 0.25) is 0 Å². The Kier molecular flexibility index (Phi) is 5.15. The summed E-state index contributed by atoms with van der Waals surface area (Å²) in [5, 5.41) is 2.89. The SMILES string of the molecule is CC(C)(N)CCC(=O)NCc1ccccc1Br. The highest BCUT2D eigenvalue weighted by Crippen LogP contribution is 2.15. The maximum atomic E-state index is 11.6. The smallest absolute Gasteiger partial charge is 0.220 e. The van der Waals surface area contributed by atoms with Crippen molar-refractivity contribution in [2.24, 2.45) is 5.73 Å². The molecule has 0 aliphatic heterocycles. The number of hydrogen-bond donors (Lipinski definition) is 2. The molecule has 17 heavy (non-hydrogen) atoms. The minimum absolute atomic E-state index is 0.0410. The van der Waals surface area contributed by atoms with Crippen LogP contribution in [0.3, 0.4) is 0 Å². The third kappa shape index (κ3) is 5.84. The standard InChI is InChI=1S/C13H19BrN2O/c1-13(2,15)8-7-12(17)16-9-10-5-3-4-6-11(10)14/h3-6H,7-9,15H2,1-2H3,(H,16,17). The molecule has 3 N–H and O–H groups in total. The zero-order chi connectivity index (χ0) is 12.9. The molecule has 0 heterocycles. The van der Waals surface area contributed by atoms with Crippen molar-refractivity contribution in [3.8, 4) is 0 Å². The highest BCUT2D eigenvalue weighted by atomic mass is 79.9. The van der Waals surface area contributed by atoms with Crippen molar-refractivity contribution in [3.05, 3.63) is 34.3 Å². The maximum Gasteiger partial charge on any atom is 0.220 e. The van der Waals surface area contributed by atoms with Gasteiger partial charge in [-0.2, -0.15) is 0 Å². The molecule has 0 unspecified atom stereocenters. The van der Waals surface area contributed by atoms with Gasteiger partial charge in [-0.25, -0.2) is 0 Å². The lowest BCUT2D eigenvalue weighted by Gasteiger charge is -2.17. The highest BCUT2D eigenvalue weighted by molar-refractivity contribution is 9.10. The van der Waals surface area contributed by atoms with E-state index in [1.165, 1.54) is 0 Å². The molecule has 0 radical (unpaired) electrons. The number of benzene rings is 1. The molecule has 4 heteroatoms. The van der Waals surface area contributed by atoms with Gasteiger partial charge in [0.25, 0.3) is 0 Å². The van der Waals surface area contributed by atoms with E-state index in [2.05, 4.69) is 21.2 Å². The highest BCUT2D eigenvalue weighted by Gasteiger charge is 2.13.